The predicted octanol–water partition coefficient (Wildman–Crippen LogP) is 3.68. The van der Waals surface area contributed by atoms with Crippen molar-refractivity contribution in [2.75, 3.05) is 11.1 Å². The number of sulfone groups is 1. The smallest absolute Gasteiger partial charge is 0.247 e. The molecule has 1 aliphatic rings. The predicted molar refractivity (Wildman–Crippen MR) is 98.3 cm³/mol. The Labute approximate surface area is 150 Å². The zero-order valence-corrected chi connectivity index (χ0v) is 16.7. The average molecular weight is 371 g/mol. The summed E-state index contributed by atoms with van der Waals surface area (Å²) in [4.78, 5) is 12.6. The van der Waals surface area contributed by atoms with Gasteiger partial charge in [0.15, 0.2) is 9.84 Å². The topological polar surface area (TPSA) is 89.3 Å². The molecule has 25 heavy (non-hydrogen) atoms. The van der Waals surface area contributed by atoms with Gasteiger partial charge in [0, 0.05) is 11.5 Å². The summed E-state index contributed by atoms with van der Waals surface area (Å²) in [5, 5.41) is 6.51. The lowest BCUT2D eigenvalue weighted by molar-refractivity contribution is -0.118. The number of carbonyl (C=O) groups excluding carboxylic acids is 1. The summed E-state index contributed by atoms with van der Waals surface area (Å²) >= 11 is 0. The summed E-state index contributed by atoms with van der Waals surface area (Å²) in [6.45, 7) is 8.86. The number of amides is 1. The van der Waals surface area contributed by atoms with Crippen LogP contribution in [-0.4, -0.2) is 30.0 Å². The summed E-state index contributed by atoms with van der Waals surface area (Å²) in [5.74, 6) is -0.184. The first-order chi connectivity index (χ1) is 11.4. The quantitative estimate of drug-likeness (QED) is 0.854. The van der Waals surface area contributed by atoms with E-state index in [1.807, 2.05) is 20.8 Å². The van der Waals surface area contributed by atoms with Crippen LogP contribution < -0.4 is 5.32 Å². The molecule has 0 spiro atoms. The second-order valence-corrected chi connectivity index (χ2v) is 11.2. The van der Waals surface area contributed by atoms with Crippen LogP contribution in [0, 0.1) is 5.92 Å². The van der Waals surface area contributed by atoms with Crippen LogP contribution >= 0.6 is 0 Å². The number of nitrogens with one attached hydrogen (secondary N) is 1. The Balaban J connectivity index is 2.09. The Morgan fingerprint density at radius 2 is 1.80 bits per heavy atom. The molecule has 0 radical (unpaired) electrons. The maximum absolute atomic E-state index is 12.8. The maximum atomic E-state index is 12.8. The molecule has 1 aromatic heterocycles. The van der Waals surface area contributed by atoms with Crippen LogP contribution in [0.1, 0.15) is 72.4 Å². The normalized spacial score (nSPS) is 17.5. The number of nitrogens with zero attached hydrogens (tertiary/aromatic N) is 1. The molecule has 0 bridgehead atoms. The number of hydrogen-bond acceptors (Lipinski definition) is 5. The third-order valence-electron chi connectivity index (χ3n) is 5.02. The van der Waals surface area contributed by atoms with Gasteiger partial charge in [-0.05, 0) is 32.6 Å². The zero-order valence-electron chi connectivity index (χ0n) is 15.9. The molecule has 1 amide bonds. The molecule has 0 aliphatic heterocycles. The Morgan fingerprint density at radius 3 is 2.32 bits per heavy atom. The third-order valence-corrected chi connectivity index (χ3v) is 7.67. The van der Waals surface area contributed by atoms with Crippen molar-refractivity contribution in [2.45, 2.75) is 76.9 Å². The molecular formula is C18H30N2O4S. The van der Waals surface area contributed by atoms with Crippen molar-refractivity contribution >= 4 is 21.6 Å². The molecule has 1 heterocycles. The van der Waals surface area contributed by atoms with Crippen molar-refractivity contribution in [3.8, 4) is 0 Å². The highest BCUT2D eigenvalue weighted by Crippen LogP contribution is 2.30. The fraction of sp³-hybridized carbons (Fsp3) is 0.778. The van der Waals surface area contributed by atoms with E-state index in [-0.39, 0.29) is 23.0 Å². The van der Waals surface area contributed by atoms with Crippen LogP contribution in [0.25, 0.3) is 0 Å². The van der Waals surface area contributed by atoms with E-state index >= 15 is 0 Å². The van der Waals surface area contributed by atoms with Crippen molar-refractivity contribution < 1.29 is 17.7 Å². The van der Waals surface area contributed by atoms with Crippen LogP contribution in [0.3, 0.4) is 0 Å². The van der Waals surface area contributed by atoms with Crippen molar-refractivity contribution in [1.82, 2.24) is 5.16 Å². The SMILES string of the molecule is CC(C)(C)c1cc(NC(=O)C(C)(C)S(=O)(=O)CC2CCCCC2)on1. The summed E-state index contributed by atoms with van der Waals surface area (Å²) < 4.78 is 29.2. The summed E-state index contributed by atoms with van der Waals surface area (Å²) in [7, 11) is -3.57. The lowest BCUT2D eigenvalue weighted by Gasteiger charge is -2.27. The Morgan fingerprint density at radius 1 is 1.20 bits per heavy atom. The van der Waals surface area contributed by atoms with E-state index in [2.05, 4.69) is 10.5 Å². The summed E-state index contributed by atoms with van der Waals surface area (Å²) in [5.41, 5.74) is 0.486. The highest BCUT2D eigenvalue weighted by atomic mass is 32.2. The Hall–Kier alpha value is -1.37. The molecule has 0 unspecified atom stereocenters. The van der Waals surface area contributed by atoms with E-state index in [4.69, 9.17) is 4.52 Å². The molecular weight excluding hydrogens is 340 g/mol. The molecule has 7 heteroatoms. The second kappa shape index (κ2) is 7.09. The fourth-order valence-electron chi connectivity index (χ4n) is 2.96. The number of hydrogen-bond donors (Lipinski definition) is 1. The van der Waals surface area contributed by atoms with E-state index in [0.29, 0.717) is 5.69 Å². The molecule has 1 aromatic rings. The minimum Gasteiger partial charge on any atom is -0.338 e. The number of anilines is 1. The van der Waals surface area contributed by atoms with Gasteiger partial charge in [-0.3, -0.25) is 10.1 Å². The van der Waals surface area contributed by atoms with Crippen molar-refractivity contribution in [3.63, 3.8) is 0 Å². The largest absolute Gasteiger partial charge is 0.338 e. The van der Waals surface area contributed by atoms with Gasteiger partial charge in [0.05, 0.1) is 11.4 Å². The highest BCUT2D eigenvalue weighted by molar-refractivity contribution is 7.93. The van der Waals surface area contributed by atoms with Crippen molar-refractivity contribution in [1.29, 1.82) is 0 Å². The van der Waals surface area contributed by atoms with Crippen molar-refractivity contribution in [3.05, 3.63) is 11.8 Å². The first-order valence-corrected chi connectivity index (χ1v) is 10.6. The van der Waals surface area contributed by atoms with Crippen LogP contribution in [0.2, 0.25) is 0 Å². The maximum Gasteiger partial charge on any atom is 0.247 e. The first-order valence-electron chi connectivity index (χ1n) is 8.94. The molecule has 6 nitrogen and oxygen atoms in total. The minimum absolute atomic E-state index is 0.0665. The van der Waals surface area contributed by atoms with Crippen LogP contribution in [0.4, 0.5) is 5.88 Å². The summed E-state index contributed by atoms with van der Waals surface area (Å²) in [6.07, 6.45) is 5.16. The lowest BCUT2D eigenvalue weighted by atomic mass is 9.91. The van der Waals surface area contributed by atoms with E-state index in [1.165, 1.54) is 20.3 Å². The van der Waals surface area contributed by atoms with Crippen LogP contribution in [0.15, 0.2) is 10.6 Å². The van der Waals surface area contributed by atoms with Gasteiger partial charge in [0.25, 0.3) is 0 Å². The molecule has 0 atom stereocenters. The molecule has 142 valence electrons. The molecule has 0 saturated heterocycles. The molecule has 1 aliphatic carbocycles. The van der Waals surface area contributed by atoms with Gasteiger partial charge in [-0.15, -0.1) is 0 Å². The molecule has 0 aromatic carbocycles. The first kappa shape index (κ1) is 19.9. The number of carbonyl (C=O) groups is 1. The molecule has 1 saturated carbocycles. The van der Waals surface area contributed by atoms with E-state index in [1.54, 1.807) is 6.07 Å². The van der Waals surface area contributed by atoms with Crippen LogP contribution in [-0.2, 0) is 20.0 Å². The van der Waals surface area contributed by atoms with Gasteiger partial charge in [0.2, 0.25) is 11.8 Å². The van der Waals surface area contributed by atoms with Gasteiger partial charge in [0.1, 0.15) is 4.75 Å². The zero-order chi connectivity index (χ0) is 18.9. The van der Waals surface area contributed by atoms with Gasteiger partial charge in [-0.25, -0.2) is 8.42 Å². The van der Waals surface area contributed by atoms with Gasteiger partial charge < -0.3 is 4.52 Å². The number of aromatic nitrogens is 1. The van der Waals surface area contributed by atoms with Gasteiger partial charge >= 0.3 is 0 Å². The lowest BCUT2D eigenvalue weighted by Crippen LogP contribution is -2.46. The van der Waals surface area contributed by atoms with E-state index < -0.39 is 20.5 Å². The molecule has 1 fully saturated rings. The van der Waals surface area contributed by atoms with Gasteiger partial charge in [-0.2, -0.15) is 0 Å². The fourth-order valence-corrected chi connectivity index (χ4v) is 4.67. The third kappa shape index (κ3) is 4.63. The average Bonchev–Trinajstić information content (AvgIpc) is 2.96. The molecule has 2 rings (SSSR count). The van der Waals surface area contributed by atoms with Gasteiger partial charge in [-0.1, -0.05) is 45.2 Å². The highest BCUT2D eigenvalue weighted by Gasteiger charge is 2.43. The second-order valence-electron chi connectivity index (χ2n) is 8.58. The Kier molecular flexibility index (Phi) is 5.66. The molecule has 1 N–H and O–H groups in total. The van der Waals surface area contributed by atoms with Crippen molar-refractivity contribution in [2.24, 2.45) is 5.92 Å². The standard InChI is InChI=1S/C18H30N2O4S/c1-17(2,3)14-11-15(24-20-14)19-16(21)18(4,5)25(22,23)12-13-9-7-6-8-10-13/h11,13H,6-10,12H2,1-5H3,(H,19,21). The van der Waals surface area contributed by atoms with E-state index in [9.17, 15) is 13.2 Å². The van der Waals surface area contributed by atoms with Crippen LogP contribution in [0.5, 0.6) is 0 Å². The van der Waals surface area contributed by atoms with E-state index in [0.717, 1.165) is 25.7 Å². The summed E-state index contributed by atoms with van der Waals surface area (Å²) in [6, 6.07) is 1.64. The monoisotopic (exact) mass is 370 g/mol. The number of rotatable bonds is 5. The minimum atomic E-state index is -3.57. The Bertz CT molecular complexity index is 708.